The van der Waals surface area contributed by atoms with Gasteiger partial charge in [0.2, 0.25) is 0 Å². The van der Waals surface area contributed by atoms with Crippen molar-refractivity contribution in [1.82, 2.24) is 9.97 Å². The molecule has 0 saturated carbocycles. The highest BCUT2D eigenvalue weighted by atomic mass is 32.1. The van der Waals surface area contributed by atoms with Crippen molar-refractivity contribution < 1.29 is 4.42 Å². The van der Waals surface area contributed by atoms with E-state index >= 15 is 0 Å². The molecule has 2 aromatic heterocycles. The Labute approximate surface area is 137 Å². The van der Waals surface area contributed by atoms with Gasteiger partial charge in [-0.05, 0) is 55.7 Å². The number of anilines is 3. The van der Waals surface area contributed by atoms with Crippen molar-refractivity contribution >= 4 is 49.5 Å². The Kier molecular flexibility index (Phi) is 3.02. The van der Waals surface area contributed by atoms with Crippen molar-refractivity contribution in [3.05, 3.63) is 41.0 Å². The van der Waals surface area contributed by atoms with Crippen LogP contribution in [0, 0.1) is 20.8 Å². The van der Waals surface area contributed by atoms with Crippen molar-refractivity contribution in [1.29, 1.82) is 0 Å². The number of hydrogen-bond acceptors (Lipinski definition) is 6. The molecule has 23 heavy (non-hydrogen) atoms. The third-order valence-corrected chi connectivity index (χ3v) is 4.62. The molecule has 0 aliphatic rings. The molecule has 0 spiro atoms. The topological polar surface area (TPSA) is 77.0 Å². The SMILES string of the molecule is Cc1cc(C)c2oc(Nc3nc4c(N)cc(C)cc4s3)nc2c1. The average Bonchev–Trinajstić information content (AvgIpc) is 3.02. The van der Waals surface area contributed by atoms with Crippen molar-refractivity contribution in [3.8, 4) is 0 Å². The zero-order valence-corrected chi connectivity index (χ0v) is 13.9. The van der Waals surface area contributed by atoms with Crippen LogP contribution in [0.25, 0.3) is 21.3 Å². The van der Waals surface area contributed by atoms with E-state index in [2.05, 4.69) is 27.4 Å². The summed E-state index contributed by atoms with van der Waals surface area (Å²) in [5.74, 6) is 0. The summed E-state index contributed by atoms with van der Waals surface area (Å²) < 4.78 is 6.87. The first-order valence-corrected chi connectivity index (χ1v) is 8.13. The second kappa shape index (κ2) is 4.96. The van der Waals surface area contributed by atoms with Gasteiger partial charge in [-0.25, -0.2) is 4.98 Å². The Bertz CT molecular complexity index is 964. The molecule has 4 aromatic rings. The van der Waals surface area contributed by atoms with Crippen LogP contribution >= 0.6 is 11.3 Å². The standard InChI is InChI=1S/C17H16N4OS/c1-8-4-10(3)15-12(6-8)19-16(22-15)21-17-20-14-11(18)5-9(2)7-13(14)23-17/h4-7H,18H2,1-3H3,(H,19,20,21). The quantitative estimate of drug-likeness (QED) is 0.523. The maximum atomic E-state index is 6.04. The normalized spacial score (nSPS) is 11.4. The summed E-state index contributed by atoms with van der Waals surface area (Å²) in [6.07, 6.45) is 0. The van der Waals surface area contributed by atoms with Gasteiger partial charge in [-0.3, -0.25) is 5.32 Å². The molecule has 6 heteroatoms. The first-order chi connectivity index (χ1) is 11.0. The molecule has 5 nitrogen and oxygen atoms in total. The Balaban J connectivity index is 1.75. The van der Waals surface area contributed by atoms with Crippen LogP contribution in [-0.2, 0) is 0 Å². The van der Waals surface area contributed by atoms with Crippen LogP contribution < -0.4 is 11.1 Å². The first kappa shape index (κ1) is 14.0. The van der Waals surface area contributed by atoms with Gasteiger partial charge in [-0.1, -0.05) is 17.4 Å². The number of aromatic nitrogens is 2. The largest absolute Gasteiger partial charge is 0.423 e. The second-order valence-corrected chi connectivity index (χ2v) is 6.82. The number of benzene rings is 2. The number of nitrogens with one attached hydrogen (secondary N) is 1. The van der Waals surface area contributed by atoms with Crippen molar-refractivity contribution in [2.75, 3.05) is 11.1 Å². The monoisotopic (exact) mass is 324 g/mol. The number of nitrogens with two attached hydrogens (primary N) is 1. The van der Waals surface area contributed by atoms with Gasteiger partial charge >= 0.3 is 6.01 Å². The van der Waals surface area contributed by atoms with Crippen molar-refractivity contribution in [2.45, 2.75) is 20.8 Å². The summed E-state index contributed by atoms with van der Waals surface area (Å²) in [5.41, 5.74) is 12.5. The molecular weight excluding hydrogens is 308 g/mol. The van der Waals surface area contributed by atoms with E-state index in [-0.39, 0.29) is 0 Å². The van der Waals surface area contributed by atoms with E-state index in [0.29, 0.717) is 11.7 Å². The van der Waals surface area contributed by atoms with Crippen LogP contribution in [-0.4, -0.2) is 9.97 Å². The molecule has 0 radical (unpaired) electrons. The number of thiazole rings is 1. The molecule has 3 N–H and O–H groups in total. The van der Waals surface area contributed by atoms with Gasteiger partial charge < -0.3 is 10.2 Å². The lowest BCUT2D eigenvalue weighted by Gasteiger charge is -1.96. The predicted octanol–water partition coefficient (Wildman–Crippen LogP) is 4.69. The lowest BCUT2D eigenvalue weighted by atomic mass is 10.1. The van der Waals surface area contributed by atoms with Crippen LogP contribution in [0.3, 0.4) is 0 Å². The average molecular weight is 324 g/mol. The lowest BCUT2D eigenvalue weighted by molar-refractivity contribution is 0.620. The Morgan fingerprint density at radius 3 is 2.65 bits per heavy atom. The minimum atomic E-state index is 0.447. The number of hydrogen-bond donors (Lipinski definition) is 2. The fourth-order valence-corrected chi connectivity index (χ4v) is 3.76. The molecule has 4 rings (SSSR count). The van der Waals surface area contributed by atoms with Crippen LogP contribution in [0.15, 0.2) is 28.7 Å². The van der Waals surface area contributed by atoms with Gasteiger partial charge in [0.1, 0.15) is 11.0 Å². The van der Waals surface area contributed by atoms with E-state index in [1.807, 2.05) is 32.9 Å². The van der Waals surface area contributed by atoms with E-state index in [1.165, 1.54) is 11.3 Å². The molecule has 0 amide bonds. The minimum Gasteiger partial charge on any atom is -0.423 e. The zero-order valence-electron chi connectivity index (χ0n) is 13.1. The van der Waals surface area contributed by atoms with E-state index in [4.69, 9.17) is 10.2 Å². The van der Waals surface area contributed by atoms with E-state index in [0.717, 1.165) is 43.1 Å². The molecule has 2 heterocycles. The Morgan fingerprint density at radius 1 is 1.04 bits per heavy atom. The Morgan fingerprint density at radius 2 is 1.83 bits per heavy atom. The summed E-state index contributed by atoms with van der Waals surface area (Å²) in [6.45, 7) is 6.09. The number of aryl methyl sites for hydroxylation is 3. The number of nitrogen functional groups attached to an aromatic ring is 1. The fraction of sp³-hybridized carbons (Fsp3) is 0.176. The van der Waals surface area contributed by atoms with E-state index in [1.54, 1.807) is 0 Å². The molecular formula is C17H16N4OS. The third-order valence-electron chi connectivity index (χ3n) is 3.70. The predicted molar refractivity (Wildman–Crippen MR) is 95.5 cm³/mol. The number of rotatable bonds is 2. The van der Waals surface area contributed by atoms with Crippen LogP contribution in [0.4, 0.5) is 16.8 Å². The summed E-state index contributed by atoms with van der Waals surface area (Å²) in [6, 6.07) is 8.55. The van der Waals surface area contributed by atoms with Gasteiger partial charge in [0, 0.05) is 0 Å². The number of fused-ring (bicyclic) bond motifs is 2. The molecule has 0 fully saturated rings. The summed E-state index contributed by atoms with van der Waals surface area (Å²) in [7, 11) is 0. The lowest BCUT2D eigenvalue weighted by Crippen LogP contribution is -1.90. The summed E-state index contributed by atoms with van der Waals surface area (Å²) >= 11 is 1.54. The van der Waals surface area contributed by atoms with Gasteiger partial charge in [-0.2, -0.15) is 4.98 Å². The van der Waals surface area contributed by atoms with E-state index < -0.39 is 0 Å². The molecule has 2 aromatic carbocycles. The maximum absolute atomic E-state index is 6.04. The van der Waals surface area contributed by atoms with Gasteiger partial charge in [0.05, 0.1) is 10.4 Å². The minimum absolute atomic E-state index is 0.447. The van der Waals surface area contributed by atoms with Crippen LogP contribution in [0.1, 0.15) is 16.7 Å². The molecule has 0 unspecified atom stereocenters. The Hall–Kier alpha value is -2.60. The first-order valence-electron chi connectivity index (χ1n) is 7.31. The summed E-state index contributed by atoms with van der Waals surface area (Å²) in [5, 5.41) is 3.87. The highest BCUT2D eigenvalue weighted by Crippen LogP contribution is 2.33. The maximum Gasteiger partial charge on any atom is 0.302 e. The molecule has 0 saturated heterocycles. The molecule has 116 valence electrons. The fourth-order valence-electron chi connectivity index (χ4n) is 2.77. The second-order valence-electron chi connectivity index (χ2n) is 5.79. The van der Waals surface area contributed by atoms with Gasteiger partial charge in [0.15, 0.2) is 10.7 Å². The smallest absolute Gasteiger partial charge is 0.302 e. The van der Waals surface area contributed by atoms with Crippen LogP contribution in [0.5, 0.6) is 0 Å². The molecule has 0 atom stereocenters. The van der Waals surface area contributed by atoms with Crippen molar-refractivity contribution in [2.24, 2.45) is 0 Å². The zero-order chi connectivity index (χ0) is 16.1. The highest BCUT2D eigenvalue weighted by molar-refractivity contribution is 7.22. The molecule has 0 aliphatic heterocycles. The van der Waals surface area contributed by atoms with Crippen LogP contribution in [0.2, 0.25) is 0 Å². The summed E-state index contributed by atoms with van der Waals surface area (Å²) in [4.78, 5) is 9.04. The molecule has 0 aliphatic carbocycles. The third kappa shape index (κ3) is 2.41. The van der Waals surface area contributed by atoms with Crippen molar-refractivity contribution in [3.63, 3.8) is 0 Å². The van der Waals surface area contributed by atoms with Gasteiger partial charge in [0.25, 0.3) is 0 Å². The number of nitrogens with zero attached hydrogens (tertiary/aromatic N) is 2. The number of oxazole rings is 1. The molecule has 0 bridgehead atoms. The highest BCUT2D eigenvalue weighted by Gasteiger charge is 2.12. The van der Waals surface area contributed by atoms with Gasteiger partial charge in [-0.15, -0.1) is 0 Å². The van der Waals surface area contributed by atoms with E-state index in [9.17, 15) is 0 Å².